The van der Waals surface area contributed by atoms with E-state index < -0.39 is 4.92 Å². The maximum atomic E-state index is 12.6. The number of amides is 1. The molecule has 2 atom stereocenters. The summed E-state index contributed by atoms with van der Waals surface area (Å²) < 4.78 is 0. The normalized spacial score (nSPS) is 19.3. The zero-order valence-electron chi connectivity index (χ0n) is 16.6. The molecule has 1 aliphatic heterocycles. The lowest BCUT2D eigenvalue weighted by Gasteiger charge is -2.36. The topological polar surface area (TPSA) is 75.5 Å². The Morgan fingerprint density at radius 2 is 1.79 bits per heavy atom. The minimum Gasteiger partial charge on any atom is -0.365 e. The van der Waals surface area contributed by atoms with Crippen LogP contribution in [-0.2, 0) is 6.42 Å². The van der Waals surface area contributed by atoms with Crippen molar-refractivity contribution in [2.75, 3.05) is 23.3 Å². The number of carbonyl (C=O) groups is 1. The van der Waals surface area contributed by atoms with Crippen LogP contribution in [0.1, 0.15) is 43.1 Å². The van der Waals surface area contributed by atoms with Crippen molar-refractivity contribution < 1.29 is 9.72 Å². The molecule has 2 aromatic carbocycles. The minimum atomic E-state index is -0.397. The lowest BCUT2D eigenvalue weighted by atomic mass is 9.91. The molecule has 28 heavy (non-hydrogen) atoms. The highest BCUT2D eigenvalue weighted by Crippen LogP contribution is 2.34. The first-order valence-corrected chi connectivity index (χ1v) is 9.81. The molecule has 0 saturated carbocycles. The first-order chi connectivity index (χ1) is 13.4. The number of hydrogen-bond acceptors (Lipinski definition) is 4. The van der Waals surface area contributed by atoms with Gasteiger partial charge in [-0.2, -0.15) is 0 Å². The van der Waals surface area contributed by atoms with E-state index in [0.29, 0.717) is 23.2 Å². The molecule has 0 radical (unpaired) electrons. The van der Waals surface area contributed by atoms with Gasteiger partial charge >= 0.3 is 0 Å². The molecule has 1 amide bonds. The van der Waals surface area contributed by atoms with Crippen molar-refractivity contribution in [1.82, 2.24) is 0 Å². The fraction of sp³-hybridized carbons (Fsp3) is 0.409. The fourth-order valence-electron chi connectivity index (χ4n) is 3.96. The molecule has 2 aromatic rings. The van der Waals surface area contributed by atoms with Crippen molar-refractivity contribution in [3.63, 3.8) is 0 Å². The molecule has 1 saturated heterocycles. The minimum absolute atomic E-state index is 0.0183. The van der Waals surface area contributed by atoms with E-state index in [0.717, 1.165) is 25.9 Å². The highest BCUT2D eigenvalue weighted by atomic mass is 16.6. The van der Waals surface area contributed by atoms with Crippen LogP contribution in [0.5, 0.6) is 0 Å². The maximum absolute atomic E-state index is 12.6. The van der Waals surface area contributed by atoms with E-state index in [1.165, 1.54) is 11.6 Å². The molecule has 1 heterocycles. The standard InChI is InChI=1S/C22H27N3O3/c1-4-17-5-8-19(9-6-17)23-22(26)18-7-10-20(21(12-18)25(27)28)24-13-15(2)11-16(3)14-24/h5-10,12,15-16H,4,11,13-14H2,1-3H3,(H,23,26)/t15-,16-/m0/s1. The van der Waals surface area contributed by atoms with Gasteiger partial charge in [-0.25, -0.2) is 0 Å². The Morgan fingerprint density at radius 3 is 2.36 bits per heavy atom. The number of nitrogens with zero attached hydrogens (tertiary/aromatic N) is 2. The maximum Gasteiger partial charge on any atom is 0.293 e. The van der Waals surface area contributed by atoms with Crippen molar-refractivity contribution in [2.24, 2.45) is 11.8 Å². The molecule has 6 heteroatoms. The molecule has 0 spiro atoms. The lowest BCUT2D eigenvalue weighted by Crippen LogP contribution is -2.39. The van der Waals surface area contributed by atoms with Crippen LogP contribution in [0.3, 0.4) is 0 Å². The van der Waals surface area contributed by atoms with Gasteiger partial charge in [0.1, 0.15) is 5.69 Å². The van der Waals surface area contributed by atoms with Gasteiger partial charge in [-0.3, -0.25) is 14.9 Å². The summed E-state index contributed by atoms with van der Waals surface area (Å²) >= 11 is 0. The predicted molar refractivity (Wildman–Crippen MR) is 112 cm³/mol. The predicted octanol–water partition coefficient (Wildman–Crippen LogP) is 4.89. The van der Waals surface area contributed by atoms with Gasteiger partial charge in [0.2, 0.25) is 0 Å². The molecule has 3 rings (SSSR count). The zero-order chi connectivity index (χ0) is 20.3. The van der Waals surface area contributed by atoms with E-state index in [1.54, 1.807) is 12.1 Å². The Balaban J connectivity index is 1.83. The van der Waals surface area contributed by atoms with E-state index in [2.05, 4.69) is 31.0 Å². The summed E-state index contributed by atoms with van der Waals surface area (Å²) in [5, 5.41) is 14.5. The Morgan fingerprint density at radius 1 is 1.14 bits per heavy atom. The van der Waals surface area contributed by atoms with E-state index >= 15 is 0 Å². The quantitative estimate of drug-likeness (QED) is 0.591. The highest BCUT2D eigenvalue weighted by Gasteiger charge is 2.27. The molecule has 148 valence electrons. The van der Waals surface area contributed by atoms with Crippen molar-refractivity contribution in [3.8, 4) is 0 Å². The van der Waals surface area contributed by atoms with E-state index in [9.17, 15) is 14.9 Å². The zero-order valence-corrected chi connectivity index (χ0v) is 16.6. The van der Waals surface area contributed by atoms with Gasteiger partial charge in [0.05, 0.1) is 4.92 Å². The van der Waals surface area contributed by atoms with Crippen molar-refractivity contribution in [3.05, 3.63) is 63.7 Å². The lowest BCUT2D eigenvalue weighted by molar-refractivity contribution is -0.384. The summed E-state index contributed by atoms with van der Waals surface area (Å²) in [6, 6.07) is 12.4. The second kappa shape index (κ2) is 8.42. The van der Waals surface area contributed by atoms with Crippen LogP contribution in [0.25, 0.3) is 0 Å². The molecule has 0 aliphatic carbocycles. The number of anilines is 2. The third-order valence-electron chi connectivity index (χ3n) is 5.26. The Bertz CT molecular complexity index is 854. The van der Waals surface area contributed by atoms with Gasteiger partial charge in [0.15, 0.2) is 0 Å². The van der Waals surface area contributed by atoms with Crippen LogP contribution in [-0.4, -0.2) is 23.9 Å². The smallest absolute Gasteiger partial charge is 0.293 e. The monoisotopic (exact) mass is 381 g/mol. The van der Waals surface area contributed by atoms with Gasteiger partial charge < -0.3 is 10.2 Å². The van der Waals surface area contributed by atoms with Crippen LogP contribution >= 0.6 is 0 Å². The van der Waals surface area contributed by atoms with Gasteiger partial charge in [-0.15, -0.1) is 0 Å². The number of piperidine rings is 1. The van der Waals surface area contributed by atoms with E-state index in [4.69, 9.17) is 0 Å². The second-order valence-electron chi connectivity index (χ2n) is 7.82. The Kier molecular flexibility index (Phi) is 5.97. The van der Waals surface area contributed by atoms with Gasteiger partial charge in [0.25, 0.3) is 11.6 Å². The third kappa shape index (κ3) is 4.50. The van der Waals surface area contributed by atoms with Crippen LogP contribution in [0.15, 0.2) is 42.5 Å². The number of carbonyl (C=O) groups excluding carboxylic acids is 1. The Hall–Kier alpha value is -2.89. The summed E-state index contributed by atoms with van der Waals surface area (Å²) in [5.74, 6) is 0.620. The summed E-state index contributed by atoms with van der Waals surface area (Å²) in [7, 11) is 0. The summed E-state index contributed by atoms with van der Waals surface area (Å²) in [6.45, 7) is 7.99. The third-order valence-corrected chi connectivity index (χ3v) is 5.26. The summed E-state index contributed by atoms with van der Waals surface area (Å²) in [6.07, 6.45) is 2.05. The number of nitro benzene ring substituents is 1. The first kappa shape index (κ1) is 19.9. The Labute approximate surface area is 165 Å². The van der Waals surface area contributed by atoms with Crippen LogP contribution in [0, 0.1) is 22.0 Å². The molecule has 1 aliphatic rings. The first-order valence-electron chi connectivity index (χ1n) is 9.81. The molecule has 1 N–H and O–H groups in total. The average Bonchev–Trinajstić information content (AvgIpc) is 2.67. The fourth-order valence-corrected chi connectivity index (χ4v) is 3.96. The van der Waals surface area contributed by atoms with Crippen molar-refractivity contribution in [1.29, 1.82) is 0 Å². The van der Waals surface area contributed by atoms with Crippen LogP contribution < -0.4 is 10.2 Å². The molecule has 0 bridgehead atoms. The summed E-state index contributed by atoms with van der Waals surface area (Å²) in [4.78, 5) is 25.9. The number of benzene rings is 2. The van der Waals surface area contributed by atoms with Gasteiger partial charge in [0, 0.05) is 30.4 Å². The molecular formula is C22H27N3O3. The largest absolute Gasteiger partial charge is 0.365 e. The molecular weight excluding hydrogens is 354 g/mol. The van der Waals surface area contributed by atoms with Gasteiger partial charge in [-0.1, -0.05) is 32.9 Å². The molecule has 1 fully saturated rings. The SMILES string of the molecule is CCc1ccc(NC(=O)c2ccc(N3C[C@@H](C)C[C@H](C)C3)c([N+](=O)[O-])c2)cc1. The van der Waals surface area contributed by atoms with Crippen LogP contribution in [0.2, 0.25) is 0 Å². The number of nitrogens with one attached hydrogen (secondary N) is 1. The van der Waals surface area contributed by atoms with Gasteiger partial charge in [-0.05, 0) is 54.5 Å². The van der Waals surface area contributed by atoms with E-state index in [1.807, 2.05) is 24.3 Å². The number of rotatable bonds is 5. The summed E-state index contributed by atoms with van der Waals surface area (Å²) in [5.41, 5.74) is 2.71. The van der Waals surface area contributed by atoms with Crippen LogP contribution in [0.4, 0.5) is 17.1 Å². The number of hydrogen-bond donors (Lipinski definition) is 1. The van der Waals surface area contributed by atoms with Crippen molar-refractivity contribution >= 4 is 23.0 Å². The number of nitro groups is 1. The highest BCUT2D eigenvalue weighted by molar-refractivity contribution is 6.05. The molecule has 6 nitrogen and oxygen atoms in total. The molecule has 0 unspecified atom stereocenters. The van der Waals surface area contributed by atoms with E-state index in [-0.39, 0.29) is 17.2 Å². The van der Waals surface area contributed by atoms with Crippen molar-refractivity contribution in [2.45, 2.75) is 33.6 Å². The average molecular weight is 381 g/mol. The number of aryl methyl sites for hydroxylation is 1. The molecule has 0 aromatic heterocycles. The second-order valence-corrected chi connectivity index (χ2v) is 7.82.